The fourth-order valence-electron chi connectivity index (χ4n) is 6.13. The van der Waals surface area contributed by atoms with Gasteiger partial charge < -0.3 is 19.7 Å². The number of nitriles is 1. The van der Waals surface area contributed by atoms with Crippen molar-refractivity contribution in [3.05, 3.63) is 93.3 Å². The molecule has 224 valence electrons. The van der Waals surface area contributed by atoms with Crippen molar-refractivity contribution in [2.75, 3.05) is 13.2 Å². The average Bonchev–Trinajstić information content (AvgIpc) is 3.21. The van der Waals surface area contributed by atoms with Crippen LogP contribution in [0.5, 0.6) is 0 Å². The molecule has 43 heavy (non-hydrogen) atoms. The molecule has 1 aromatic heterocycles. The van der Waals surface area contributed by atoms with E-state index < -0.39 is 40.9 Å². The summed E-state index contributed by atoms with van der Waals surface area (Å²) in [6.45, 7) is 1.23. The summed E-state index contributed by atoms with van der Waals surface area (Å²) in [4.78, 5) is 24.0. The first-order valence-electron chi connectivity index (χ1n) is 14.0. The number of fused-ring (bicyclic) bond motifs is 1. The molecule has 12 heteroatoms. The number of hydrogen-bond acceptors (Lipinski definition) is 8. The smallest absolute Gasteiger partial charge is 0.257 e. The highest BCUT2D eigenvalue weighted by Gasteiger charge is 2.58. The number of aromatic nitrogens is 2. The maximum Gasteiger partial charge on any atom is 0.257 e. The lowest BCUT2D eigenvalue weighted by Gasteiger charge is -2.45. The molecular weight excluding hydrogens is 582 g/mol. The number of hydrogen-bond donors (Lipinski definition) is 2. The van der Waals surface area contributed by atoms with E-state index in [4.69, 9.17) is 21.1 Å². The molecule has 0 unspecified atom stereocenters. The van der Waals surface area contributed by atoms with Gasteiger partial charge in [-0.1, -0.05) is 23.7 Å². The van der Waals surface area contributed by atoms with E-state index in [1.54, 1.807) is 24.3 Å². The highest BCUT2D eigenvalue weighted by molar-refractivity contribution is 6.30. The third-order valence-electron chi connectivity index (χ3n) is 8.78. The van der Waals surface area contributed by atoms with Crippen LogP contribution < -0.4 is 0 Å². The Kier molecular flexibility index (Phi) is 7.47. The van der Waals surface area contributed by atoms with Crippen molar-refractivity contribution in [1.82, 2.24) is 14.9 Å². The van der Waals surface area contributed by atoms with Crippen molar-refractivity contribution in [3.63, 3.8) is 0 Å². The van der Waals surface area contributed by atoms with Crippen LogP contribution in [0.25, 0.3) is 0 Å². The maximum atomic E-state index is 16.6. The minimum atomic E-state index is -2.14. The lowest BCUT2D eigenvalue weighted by Crippen LogP contribution is -2.52. The number of carbonyl (C=O) groups excluding carboxylic acids is 1. The molecule has 2 atom stereocenters. The van der Waals surface area contributed by atoms with Crippen LogP contribution in [0.2, 0.25) is 5.02 Å². The molecular formula is C31H29ClF2N4O5. The summed E-state index contributed by atoms with van der Waals surface area (Å²) < 4.78 is 44.6. The second kappa shape index (κ2) is 10.9. The molecule has 2 aliphatic heterocycles. The molecule has 1 saturated carbocycles. The number of amides is 1. The molecule has 6 rings (SSSR count). The minimum absolute atomic E-state index is 0.0953. The van der Waals surface area contributed by atoms with E-state index in [0.29, 0.717) is 10.6 Å². The van der Waals surface area contributed by atoms with Crippen LogP contribution >= 0.6 is 11.6 Å². The van der Waals surface area contributed by atoms with Crippen molar-refractivity contribution in [3.8, 4) is 6.07 Å². The Balaban J connectivity index is 1.54. The predicted octanol–water partition coefficient (Wildman–Crippen LogP) is 4.26. The van der Waals surface area contributed by atoms with E-state index in [1.165, 1.54) is 30.3 Å². The normalized spacial score (nSPS) is 25.9. The number of alkyl halides is 1. The molecule has 2 fully saturated rings. The van der Waals surface area contributed by atoms with Gasteiger partial charge in [0.05, 0.1) is 35.4 Å². The molecule has 2 N–H and O–H groups in total. The SMILES string of the molecule is C[C@@](O)(c1cc(F)c2c(c1)C(=O)N(Cc1ncc(C#N)cn1)[C@@]2(O[C@H]1C[C@@H](O)C1)c1ccc(Cl)cc1)C1(F)CCOCC1. The van der Waals surface area contributed by atoms with Crippen LogP contribution in [0.3, 0.4) is 0 Å². The molecule has 3 aliphatic rings. The van der Waals surface area contributed by atoms with Gasteiger partial charge in [-0.15, -0.1) is 0 Å². The van der Waals surface area contributed by atoms with E-state index >= 15 is 8.78 Å². The van der Waals surface area contributed by atoms with Gasteiger partial charge in [-0.3, -0.25) is 9.69 Å². The van der Waals surface area contributed by atoms with Crippen molar-refractivity contribution in [2.45, 2.75) is 68.4 Å². The molecule has 2 aromatic carbocycles. The zero-order valence-electron chi connectivity index (χ0n) is 23.3. The number of halogens is 3. The Hall–Kier alpha value is -3.53. The van der Waals surface area contributed by atoms with Gasteiger partial charge in [0.25, 0.3) is 5.91 Å². The van der Waals surface area contributed by atoms with Crippen molar-refractivity contribution >= 4 is 17.5 Å². The molecule has 9 nitrogen and oxygen atoms in total. The summed E-state index contributed by atoms with van der Waals surface area (Å²) in [6.07, 6.45) is 1.81. The molecule has 3 heterocycles. The summed E-state index contributed by atoms with van der Waals surface area (Å²) in [6, 6.07) is 10.7. The van der Waals surface area contributed by atoms with Gasteiger partial charge in [-0.25, -0.2) is 18.7 Å². The van der Waals surface area contributed by atoms with Crippen LogP contribution in [-0.2, 0) is 27.3 Å². The fraction of sp³-hybridized carbons (Fsp3) is 0.419. The molecule has 0 radical (unpaired) electrons. The van der Waals surface area contributed by atoms with Gasteiger partial charge >= 0.3 is 0 Å². The van der Waals surface area contributed by atoms with Gasteiger partial charge in [0, 0.05) is 49.0 Å². The zero-order valence-corrected chi connectivity index (χ0v) is 24.0. The van der Waals surface area contributed by atoms with Gasteiger partial charge in [0.2, 0.25) is 5.72 Å². The molecule has 1 amide bonds. The van der Waals surface area contributed by atoms with E-state index in [9.17, 15) is 20.3 Å². The Morgan fingerprint density at radius 2 is 1.86 bits per heavy atom. The average molecular weight is 611 g/mol. The Morgan fingerprint density at radius 1 is 1.21 bits per heavy atom. The number of rotatable bonds is 7. The van der Waals surface area contributed by atoms with Gasteiger partial charge in [0.1, 0.15) is 29.0 Å². The van der Waals surface area contributed by atoms with Crippen molar-refractivity contribution in [1.29, 1.82) is 5.26 Å². The van der Waals surface area contributed by atoms with Gasteiger partial charge in [-0.2, -0.15) is 5.26 Å². The van der Waals surface area contributed by atoms with Gasteiger partial charge in [-0.05, 0) is 49.6 Å². The maximum absolute atomic E-state index is 16.6. The summed E-state index contributed by atoms with van der Waals surface area (Å²) in [5, 5.41) is 31.1. The van der Waals surface area contributed by atoms with E-state index in [2.05, 4.69) is 9.97 Å². The van der Waals surface area contributed by atoms with Gasteiger partial charge in [0.15, 0.2) is 0 Å². The second-order valence-corrected chi connectivity index (χ2v) is 11.9. The lowest BCUT2D eigenvalue weighted by molar-refractivity contribution is -0.191. The lowest BCUT2D eigenvalue weighted by atomic mass is 9.75. The first kappa shape index (κ1) is 29.5. The molecule has 3 aromatic rings. The van der Waals surface area contributed by atoms with Crippen LogP contribution in [-0.4, -0.2) is 62.1 Å². The van der Waals surface area contributed by atoms with Crippen molar-refractivity contribution in [2.24, 2.45) is 0 Å². The van der Waals surface area contributed by atoms with Crippen LogP contribution in [0.15, 0.2) is 48.8 Å². The Morgan fingerprint density at radius 3 is 2.47 bits per heavy atom. The number of ether oxygens (including phenoxy) is 2. The fourth-order valence-corrected chi connectivity index (χ4v) is 6.25. The molecule has 0 spiro atoms. The first-order valence-corrected chi connectivity index (χ1v) is 14.3. The van der Waals surface area contributed by atoms with E-state index in [-0.39, 0.29) is 73.5 Å². The summed E-state index contributed by atoms with van der Waals surface area (Å²) in [5.74, 6) is -1.38. The summed E-state index contributed by atoms with van der Waals surface area (Å²) in [7, 11) is 0. The Labute approximate surface area is 251 Å². The Bertz CT molecular complexity index is 1590. The third kappa shape index (κ3) is 4.87. The zero-order chi connectivity index (χ0) is 30.6. The predicted molar refractivity (Wildman–Crippen MR) is 149 cm³/mol. The summed E-state index contributed by atoms with van der Waals surface area (Å²) >= 11 is 6.19. The minimum Gasteiger partial charge on any atom is -0.393 e. The topological polar surface area (TPSA) is 129 Å². The number of nitrogens with zero attached hydrogens (tertiary/aromatic N) is 4. The molecule has 1 saturated heterocycles. The van der Waals surface area contributed by atoms with Crippen molar-refractivity contribution < 1.29 is 33.3 Å². The summed E-state index contributed by atoms with van der Waals surface area (Å²) in [5.41, 5.74) is -5.84. The molecule has 1 aliphatic carbocycles. The second-order valence-electron chi connectivity index (χ2n) is 11.4. The van der Waals surface area contributed by atoms with Crippen LogP contribution in [0.1, 0.15) is 71.0 Å². The van der Waals surface area contributed by atoms with E-state index in [0.717, 1.165) is 6.07 Å². The third-order valence-corrected chi connectivity index (χ3v) is 9.03. The van der Waals surface area contributed by atoms with Crippen LogP contribution in [0.4, 0.5) is 8.78 Å². The van der Waals surface area contributed by atoms with E-state index in [1.807, 2.05) is 6.07 Å². The highest BCUT2D eigenvalue weighted by atomic mass is 35.5. The number of benzene rings is 2. The number of aliphatic hydroxyl groups excluding tert-OH is 1. The standard InChI is InChI=1S/C31H29ClF2N4O5/c1-29(41,30(34)6-8-42-9-7-30)20-10-24-27(25(33)11-20)31(43-23-12-22(39)13-23,19-2-4-21(32)5-3-19)38(28(24)40)17-26-36-15-18(14-35)16-37-26/h2-5,10-11,15-16,22-23,39,41H,6-9,12-13,17H2,1H3/t22-,23+,29-,31-/m1/s1. The first-order chi connectivity index (χ1) is 20.5. The van der Waals surface area contributed by atoms with Crippen LogP contribution in [0, 0.1) is 17.1 Å². The highest BCUT2D eigenvalue weighted by Crippen LogP contribution is 2.52. The molecule has 0 bridgehead atoms. The number of aliphatic hydroxyl groups is 2. The monoisotopic (exact) mass is 610 g/mol. The largest absolute Gasteiger partial charge is 0.393 e. The number of carbonyl (C=O) groups is 1. The quantitative estimate of drug-likeness (QED) is 0.406.